The van der Waals surface area contributed by atoms with Gasteiger partial charge in [-0.05, 0) is 18.2 Å². The first-order valence-electron chi connectivity index (χ1n) is 9.07. The van der Waals surface area contributed by atoms with Crippen molar-refractivity contribution in [2.75, 3.05) is 27.3 Å². The summed E-state index contributed by atoms with van der Waals surface area (Å²) in [5.74, 6) is -0.798. The molecule has 0 fully saturated rings. The molecule has 3 rings (SSSR count). The molecule has 0 bridgehead atoms. The van der Waals surface area contributed by atoms with Crippen LogP contribution in [0.4, 0.5) is 18.0 Å². The van der Waals surface area contributed by atoms with E-state index in [2.05, 4.69) is 14.7 Å². The lowest BCUT2D eigenvalue weighted by atomic mass is 10.2. The Morgan fingerprint density at radius 2 is 1.97 bits per heavy atom. The van der Waals surface area contributed by atoms with Gasteiger partial charge in [0, 0.05) is 19.7 Å². The van der Waals surface area contributed by atoms with E-state index in [0.29, 0.717) is 10.9 Å². The zero-order valence-corrected chi connectivity index (χ0v) is 17.6. The number of aromatic nitrogens is 2. The predicted octanol–water partition coefficient (Wildman–Crippen LogP) is 4.89. The van der Waals surface area contributed by atoms with E-state index in [1.165, 1.54) is 50.8 Å². The van der Waals surface area contributed by atoms with Crippen LogP contribution in [0.5, 0.6) is 23.1 Å². The van der Waals surface area contributed by atoms with E-state index >= 15 is 0 Å². The summed E-state index contributed by atoms with van der Waals surface area (Å²) in [4.78, 5) is 21.5. The Balaban J connectivity index is 1.89. The smallest absolute Gasteiger partial charge is 0.415 e. The summed E-state index contributed by atoms with van der Waals surface area (Å²) >= 11 is 5.79. The van der Waals surface area contributed by atoms with Gasteiger partial charge >= 0.3 is 12.7 Å². The molecule has 0 unspecified atom stereocenters. The van der Waals surface area contributed by atoms with Gasteiger partial charge in [0.25, 0.3) is 0 Å². The zero-order valence-electron chi connectivity index (χ0n) is 16.9. The quantitative estimate of drug-likeness (QED) is 0.462. The Morgan fingerprint density at radius 3 is 2.69 bits per heavy atom. The number of likely N-dealkylation sites (N-methyl/N-ethyl adjacent to an activating group) is 1. The van der Waals surface area contributed by atoms with Crippen LogP contribution in [0.2, 0.25) is 5.02 Å². The number of hydrogen-bond donors (Lipinski definition) is 0. The number of benzene rings is 2. The van der Waals surface area contributed by atoms with E-state index in [1.54, 1.807) is 0 Å². The van der Waals surface area contributed by atoms with Gasteiger partial charge in [0.05, 0.1) is 29.6 Å². The highest BCUT2D eigenvalue weighted by molar-refractivity contribution is 6.30. The van der Waals surface area contributed by atoms with Gasteiger partial charge in [-0.2, -0.15) is 8.78 Å². The first-order valence-corrected chi connectivity index (χ1v) is 9.45. The van der Waals surface area contributed by atoms with Crippen LogP contribution >= 0.6 is 11.6 Å². The summed E-state index contributed by atoms with van der Waals surface area (Å²) in [6, 6.07) is 7.10. The van der Waals surface area contributed by atoms with Gasteiger partial charge < -0.3 is 23.8 Å². The van der Waals surface area contributed by atoms with Crippen molar-refractivity contribution < 1.29 is 36.9 Å². The van der Waals surface area contributed by atoms with Crippen molar-refractivity contribution in [3.05, 3.63) is 47.5 Å². The van der Waals surface area contributed by atoms with E-state index < -0.39 is 18.5 Å². The Morgan fingerprint density at radius 1 is 1.19 bits per heavy atom. The molecule has 0 aliphatic heterocycles. The van der Waals surface area contributed by atoms with Gasteiger partial charge in [-0.1, -0.05) is 17.7 Å². The first-order chi connectivity index (χ1) is 15.3. The molecule has 8 nitrogen and oxygen atoms in total. The number of amides is 1. The molecule has 170 valence electrons. The molecule has 0 aliphatic carbocycles. The van der Waals surface area contributed by atoms with Crippen molar-refractivity contribution in [1.29, 1.82) is 0 Å². The predicted molar refractivity (Wildman–Crippen MR) is 108 cm³/mol. The van der Waals surface area contributed by atoms with Crippen LogP contribution in [0.3, 0.4) is 0 Å². The highest BCUT2D eigenvalue weighted by Gasteiger charge is 2.19. The van der Waals surface area contributed by atoms with Crippen LogP contribution < -0.4 is 14.2 Å². The molecular weight excluding hydrogens is 455 g/mol. The average molecular weight is 472 g/mol. The van der Waals surface area contributed by atoms with Crippen molar-refractivity contribution in [3.63, 3.8) is 0 Å². The highest BCUT2D eigenvalue weighted by atomic mass is 35.5. The number of halogens is 4. The fraction of sp³-hybridized carbons (Fsp3) is 0.250. The van der Waals surface area contributed by atoms with Gasteiger partial charge in [0.2, 0.25) is 5.88 Å². The Kier molecular flexibility index (Phi) is 7.54. The molecule has 0 saturated carbocycles. The molecule has 2 aromatic carbocycles. The number of alkyl halides is 2. The maximum Gasteiger partial charge on any atom is 0.415 e. The minimum absolute atomic E-state index is 0.0159. The lowest BCUT2D eigenvalue weighted by molar-refractivity contribution is -0.130. The molecule has 0 radical (unpaired) electrons. The van der Waals surface area contributed by atoms with Crippen LogP contribution in [0, 0.1) is 5.82 Å². The summed E-state index contributed by atoms with van der Waals surface area (Å²) in [6.45, 7) is -3.46. The third-order valence-electron chi connectivity index (χ3n) is 4.19. The lowest BCUT2D eigenvalue weighted by Crippen LogP contribution is -2.33. The summed E-state index contributed by atoms with van der Waals surface area (Å²) in [6.07, 6.45) is 0.364. The fourth-order valence-corrected chi connectivity index (χ4v) is 2.74. The molecular formula is C20H17ClF3N3O5. The van der Waals surface area contributed by atoms with Crippen LogP contribution in [-0.2, 0) is 4.74 Å². The number of ether oxygens (including phenoxy) is 4. The third-order valence-corrected chi connectivity index (χ3v) is 4.48. The van der Waals surface area contributed by atoms with E-state index in [-0.39, 0.29) is 41.3 Å². The second kappa shape index (κ2) is 10.3. The van der Waals surface area contributed by atoms with Gasteiger partial charge in [-0.25, -0.2) is 19.2 Å². The second-order valence-electron chi connectivity index (χ2n) is 6.27. The normalized spacial score (nSPS) is 11.0. The first kappa shape index (κ1) is 23.4. The SMILES string of the molecule is COc1cc2ncnc(Oc3cccc(Cl)c3F)c2cc1OC(=O)N(C)CCOC(F)F. The van der Waals surface area contributed by atoms with Crippen LogP contribution in [-0.4, -0.2) is 54.9 Å². The largest absolute Gasteiger partial charge is 0.493 e. The van der Waals surface area contributed by atoms with E-state index in [4.69, 9.17) is 25.8 Å². The van der Waals surface area contributed by atoms with Gasteiger partial charge in [-0.3, -0.25) is 0 Å². The summed E-state index contributed by atoms with van der Waals surface area (Å²) in [5.41, 5.74) is 0.368. The number of nitrogens with zero attached hydrogens (tertiary/aromatic N) is 3. The molecule has 1 aromatic heterocycles. The molecule has 1 heterocycles. The van der Waals surface area contributed by atoms with Crippen LogP contribution in [0.15, 0.2) is 36.7 Å². The standard InChI is InChI=1S/C20H17ClF3N3O5/c1-27(6-7-30-19(23)24)20(28)32-16-8-11-13(9-15(16)29-2)25-10-26-18(11)31-14-5-3-4-12(21)17(14)22/h3-5,8-10,19H,6-7H2,1-2H3. The molecule has 3 aromatic rings. The molecule has 0 spiro atoms. The summed E-state index contributed by atoms with van der Waals surface area (Å²) < 4.78 is 58.7. The van der Waals surface area contributed by atoms with Crippen molar-refractivity contribution in [2.45, 2.75) is 6.61 Å². The number of methoxy groups -OCH3 is 1. The van der Waals surface area contributed by atoms with E-state index in [9.17, 15) is 18.0 Å². The molecule has 1 amide bonds. The zero-order chi connectivity index (χ0) is 23.3. The second-order valence-corrected chi connectivity index (χ2v) is 6.68. The monoisotopic (exact) mass is 471 g/mol. The molecule has 0 N–H and O–H groups in total. The van der Waals surface area contributed by atoms with Gasteiger partial charge in [-0.15, -0.1) is 0 Å². The Hall–Kier alpha value is -3.31. The van der Waals surface area contributed by atoms with Crippen molar-refractivity contribution in [3.8, 4) is 23.1 Å². The summed E-state index contributed by atoms with van der Waals surface area (Å²) in [5, 5.41) is 0.162. The molecule has 0 saturated heterocycles. The minimum atomic E-state index is -2.94. The van der Waals surface area contributed by atoms with Crippen LogP contribution in [0.1, 0.15) is 0 Å². The van der Waals surface area contributed by atoms with E-state index in [1.807, 2.05) is 0 Å². The van der Waals surface area contributed by atoms with E-state index in [0.717, 1.165) is 4.90 Å². The highest BCUT2D eigenvalue weighted by Crippen LogP contribution is 2.37. The third kappa shape index (κ3) is 5.48. The number of rotatable bonds is 8. The molecule has 0 atom stereocenters. The maximum atomic E-state index is 14.2. The van der Waals surface area contributed by atoms with Crippen molar-refractivity contribution >= 4 is 28.6 Å². The molecule has 12 heteroatoms. The number of carbonyl (C=O) groups excluding carboxylic acids is 1. The van der Waals surface area contributed by atoms with Crippen molar-refractivity contribution in [2.24, 2.45) is 0 Å². The number of fused-ring (bicyclic) bond motifs is 1. The fourth-order valence-electron chi connectivity index (χ4n) is 2.57. The molecule has 0 aliphatic rings. The van der Waals surface area contributed by atoms with Crippen LogP contribution in [0.25, 0.3) is 10.9 Å². The van der Waals surface area contributed by atoms with Crippen molar-refractivity contribution in [1.82, 2.24) is 14.9 Å². The number of carbonyl (C=O) groups is 1. The molecule has 32 heavy (non-hydrogen) atoms. The topological polar surface area (TPSA) is 83.0 Å². The Bertz CT molecular complexity index is 1120. The Labute approximate surface area is 185 Å². The minimum Gasteiger partial charge on any atom is -0.493 e. The summed E-state index contributed by atoms with van der Waals surface area (Å²) in [7, 11) is 2.71. The lowest BCUT2D eigenvalue weighted by Gasteiger charge is -2.18. The average Bonchev–Trinajstić information content (AvgIpc) is 2.76. The number of hydrogen-bond acceptors (Lipinski definition) is 7. The van der Waals surface area contributed by atoms with Gasteiger partial charge in [0.15, 0.2) is 23.1 Å². The maximum absolute atomic E-state index is 14.2. The van der Waals surface area contributed by atoms with Gasteiger partial charge in [0.1, 0.15) is 6.33 Å².